The first-order chi connectivity index (χ1) is 1.91. The Morgan fingerprint density at radius 1 is 1.75 bits per heavy atom. The fourth-order valence-corrected chi connectivity index (χ4v) is 0. The van der Waals surface area contributed by atoms with Crippen molar-refractivity contribution in [2.45, 2.75) is 0 Å². The van der Waals surface area contributed by atoms with Crippen molar-refractivity contribution < 1.29 is 4.28 Å². The number of nitrogens with one attached hydrogen (secondary N) is 1. The summed E-state index contributed by atoms with van der Waals surface area (Å²) in [6.07, 6.45) is 0. The molecule has 0 fully saturated rings. The first kappa shape index (κ1) is 4.62. The molecule has 1 N–H and O–H groups in total. The highest BCUT2D eigenvalue weighted by atomic mass is 32.1. The summed E-state index contributed by atoms with van der Waals surface area (Å²) in [5, 5.41) is 0. The molecule has 0 rings (SSSR count). The van der Waals surface area contributed by atoms with E-state index in [2.05, 4.69) is 30.0 Å². The first-order valence-electron chi connectivity index (χ1n) is 0.610. The molecule has 4 heteroatoms. The Hall–Kier alpha value is 0.620. The van der Waals surface area contributed by atoms with Crippen LogP contribution in [0.5, 0.6) is 0 Å². The molecule has 0 saturated carbocycles. The zero-order chi connectivity index (χ0) is 3.41. The van der Waals surface area contributed by atoms with Crippen molar-refractivity contribution in [2.75, 3.05) is 0 Å². The molecule has 0 aliphatic heterocycles. The predicted octanol–water partition coefficient (Wildman–Crippen LogP) is 0.197. The molecule has 0 saturated heterocycles. The van der Waals surface area contributed by atoms with Crippen molar-refractivity contribution in [3.63, 3.8) is 0 Å². The second kappa shape index (κ2) is 3.62. The van der Waals surface area contributed by atoms with Crippen molar-refractivity contribution in [1.82, 2.24) is 4.89 Å². The molecule has 0 spiro atoms. The third kappa shape index (κ3) is 2.62. The predicted molar refractivity (Wildman–Crippen MR) is 22.2 cm³/mol. The highest BCUT2D eigenvalue weighted by molar-refractivity contribution is 7.79. The van der Waals surface area contributed by atoms with Crippen molar-refractivity contribution in [2.24, 2.45) is 0 Å². The van der Waals surface area contributed by atoms with Crippen LogP contribution in [-0.4, -0.2) is 0 Å². The van der Waals surface area contributed by atoms with Gasteiger partial charge >= 0.3 is 0 Å². The summed E-state index contributed by atoms with van der Waals surface area (Å²) in [5.41, 5.74) is 0. The normalized spacial score (nSPS) is 7.50. The molecule has 4 heavy (non-hydrogen) atoms. The standard InChI is InChI=1S/H3NOS2/c3-1-2-4/h1,3-4H. The second-order valence-electron chi connectivity index (χ2n) is 0.183. The van der Waals surface area contributed by atoms with Gasteiger partial charge in [-0.25, -0.2) is 4.28 Å². The molecule has 26 valence electrons. The molecule has 0 aromatic rings. The van der Waals surface area contributed by atoms with Crippen LogP contribution in [0.3, 0.4) is 0 Å². The summed E-state index contributed by atoms with van der Waals surface area (Å²) >= 11 is 6.60. The Labute approximate surface area is 35.6 Å². The van der Waals surface area contributed by atoms with E-state index < -0.39 is 0 Å². The summed E-state index contributed by atoms with van der Waals surface area (Å²) < 4.78 is 3.85. The molecule has 0 aliphatic rings. The third-order valence-electron chi connectivity index (χ3n) is 0.0408. The van der Waals surface area contributed by atoms with Gasteiger partial charge in [-0.1, -0.05) is 12.8 Å². The van der Waals surface area contributed by atoms with Gasteiger partial charge in [-0.2, -0.15) is 0 Å². The van der Waals surface area contributed by atoms with Crippen LogP contribution >= 0.6 is 25.7 Å². The van der Waals surface area contributed by atoms with Gasteiger partial charge in [0.2, 0.25) is 0 Å². The van der Waals surface area contributed by atoms with E-state index in [4.69, 9.17) is 0 Å². The molecular weight excluding hydrogens is 94.1 g/mol. The SMILES string of the molecule is SNOS. The van der Waals surface area contributed by atoms with E-state index in [1.54, 1.807) is 0 Å². The minimum absolute atomic E-state index is 1.99. The first-order valence-corrected chi connectivity index (χ1v) is 1.42. The molecule has 0 aromatic heterocycles. The average molecular weight is 97.2 g/mol. The topological polar surface area (TPSA) is 21.3 Å². The van der Waals surface area contributed by atoms with Crippen molar-refractivity contribution in [1.29, 1.82) is 0 Å². The van der Waals surface area contributed by atoms with Gasteiger partial charge in [-0.3, -0.25) is 0 Å². The van der Waals surface area contributed by atoms with Crippen molar-refractivity contribution in [3.8, 4) is 0 Å². The van der Waals surface area contributed by atoms with E-state index in [1.165, 1.54) is 0 Å². The molecule has 2 nitrogen and oxygen atoms in total. The van der Waals surface area contributed by atoms with Crippen LogP contribution in [0.4, 0.5) is 0 Å². The van der Waals surface area contributed by atoms with Gasteiger partial charge < -0.3 is 0 Å². The van der Waals surface area contributed by atoms with Crippen LogP contribution in [0.2, 0.25) is 0 Å². The highest BCUT2D eigenvalue weighted by Crippen LogP contribution is 1.66. The molecular formula is H3NOS2. The Morgan fingerprint density at radius 3 is 2.00 bits per heavy atom. The maximum absolute atomic E-state index is 3.85. The number of hydrogen-bond acceptors (Lipinski definition) is 4. The van der Waals surface area contributed by atoms with E-state index in [-0.39, 0.29) is 0 Å². The summed E-state index contributed by atoms with van der Waals surface area (Å²) in [5.74, 6) is 0. The minimum Gasteiger partial charge on any atom is -0.224 e. The lowest BCUT2D eigenvalue weighted by atomic mass is 13.5. The van der Waals surface area contributed by atoms with E-state index in [9.17, 15) is 0 Å². The van der Waals surface area contributed by atoms with Crippen LogP contribution in [0, 0.1) is 0 Å². The van der Waals surface area contributed by atoms with E-state index in [1.807, 2.05) is 4.89 Å². The van der Waals surface area contributed by atoms with Crippen LogP contribution in [0.1, 0.15) is 0 Å². The van der Waals surface area contributed by atoms with Crippen LogP contribution in [0.25, 0.3) is 0 Å². The fraction of sp³-hybridized carbons (Fsp3) is 0. The number of thiol groups is 2. The van der Waals surface area contributed by atoms with Crippen LogP contribution in [0.15, 0.2) is 0 Å². The molecule has 0 atom stereocenters. The Kier molecular flexibility index (Phi) is 4.18. The van der Waals surface area contributed by atoms with E-state index in [0.29, 0.717) is 0 Å². The molecule has 0 aromatic carbocycles. The van der Waals surface area contributed by atoms with Gasteiger partial charge in [-0.15, -0.1) is 4.89 Å². The zero-order valence-electron chi connectivity index (χ0n) is 1.80. The maximum atomic E-state index is 3.85. The summed E-state index contributed by atoms with van der Waals surface area (Å²) in [6.45, 7) is 0. The van der Waals surface area contributed by atoms with Crippen LogP contribution < -0.4 is 4.89 Å². The van der Waals surface area contributed by atoms with Crippen molar-refractivity contribution in [3.05, 3.63) is 0 Å². The second-order valence-corrected chi connectivity index (χ2v) is 0.548. The minimum atomic E-state index is 1.99. The van der Waals surface area contributed by atoms with Gasteiger partial charge in [0, 0.05) is 12.9 Å². The Balaban J connectivity index is 1.97. The van der Waals surface area contributed by atoms with Gasteiger partial charge in [0.1, 0.15) is 0 Å². The van der Waals surface area contributed by atoms with E-state index >= 15 is 0 Å². The lowest BCUT2D eigenvalue weighted by molar-refractivity contribution is 0.353. The number of rotatable bonds is 1. The lowest BCUT2D eigenvalue weighted by Crippen LogP contribution is -1.84. The molecule has 0 bridgehead atoms. The molecule has 0 amide bonds. The third-order valence-corrected chi connectivity index (χ3v) is 0.367. The van der Waals surface area contributed by atoms with Gasteiger partial charge in [0.05, 0.1) is 0 Å². The molecule has 0 heterocycles. The lowest BCUT2D eigenvalue weighted by Gasteiger charge is -1.76. The molecule has 0 radical (unpaired) electrons. The zero-order valence-corrected chi connectivity index (χ0v) is 3.59. The maximum Gasteiger partial charge on any atom is 0.000158 e. The monoisotopic (exact) mass is 97.0 g/mol. The molecule has 0 unspecified atom stereocenters. The Bertz CT molecular complexity index is 8.00. The largest absolute Gasteiger partial charge is 0.224 e. The highest BCUT2D eigenvalue weighted by Gasteiger charge is 1.48. The smallest absolute Gasteiger partial charge is 0.000158 e. The number of hydrogen-bond donors (Lipinski definition) is 3. The van der Waals surface area contributed by atoms with Gasteiger partial charge in [0.25, 0.3) is 0 Å². The summed E-state index contributed by atoms with van der Waals surface area (Å²) in [6, 6.07) is 0. The summed E-state index contributed by atoms with van der Waals surface area (Å²) in [4.78, 5) is 1.99. The van der Waals surface area contributed by atoms with E-state index in [0.717, 1.165) is 0 Å². The summed E-state index contributed by atoms with van der Waals surface area (Å²) in [7, 11) is 0. The van der Waals surface area contributed by atoms with Crippen LogP contribution in [-0.2, 0) is 4.28 Å². The fourth-order valence-electron chi connectivity index (χ4n) is 0. The molecule has 0 aliphatic carbocycles. The quantitative estimate of drug-likeness (QED) is 0.247. The Morgan fingerprint density at radius 2 is 2.00 bits per heavy atom. The van der Waals surface area contributed by atoms with Gasteiger partial charge in [0.15, 0.2) is 0 Å². The van der Waals surface area contributed by atoms with Gasteiger partial charge in [-0.05, 0) is 0 Å². The van der Waals surface area contributed by atoms with Crippen molar-refractivity contribution >= 4 is 25.7 Å². The average Bonchev–Trinajstić information content (AvgIpc) is 1.37.